The van der Waals surface area contributed by atoms with Gasteiger partial charge in [0.05, 0.1) is 12.2 Å². The second kappa shape index (κ2) is 9.92. The fourth-order valence-corrected chi connectivity index (χ4v) is 2.44. The summed E-state index contributed by atoms with van der Waals surface area (Å²) in [5.74, 6) is 0.258. The minimum Gasteiger partial charge on any atom is -0.393 e. The van der Waals surface area contributed by atoms with Gasteiger partial charge in [-0.25, -0.2) is 0 Å². The molecule has 0 amide bonds. The second-order valence-electron chi connectivity index (χ2n) is 4.70. The van der Waals surface area contributed by atoms with Gasteiger partial charge >= 0.3 is 0 Å². The van der Waals surface area contributed by atoms with Gasteiger partial charge in [0.1, 0.15) is 0 Å². The summed E-state index contributed by atoms with van der Waals surface area (Å²) >= 11 is 0. The number of allylic oxidation sites excluding steroid dienone is 2. The van der Waals surface area contributed by atoms with Crippen molar-refractivity contribution in [1.82, 2.24) is 4.90 Å². The number of aliphatic hydroxyl groups is 1. The molecule has 1 aliphatic rings. The fraction of sp³-hybridized carbons (Fsp3) is 0.846. The molecule has 3 atom stereocenters. The first-order valence-electron chi connectivity index (χ1n) is 6.19. The van der Waals surface area contributed by atoms with Gasteiger partial charge in [-0.3, -0.25) is 0 Å². The first kappa shape index (κ1) is 18.1. The number of hydrogen-bond donors (Lipinski definition) is 1. The molecule has 0 aromatic heterocycles. The number of nitrogens with zero attached hydrogens (tertiary/aromatic N) is 1. The van der Waals surface area contributed by atoms with E-state index in [-0.39, 0.29) is 62.2 Å². The van der Waals surface area contributed by atoms with Crippen molar-refractivity contribution in [1.29, 1.82) is 0 Å². The van der Waals surface area contributed by atoms with E-state index in [9.17, 15) is 5.11 Å². The summed E-state index contributed by atoms with van der Waals surface area (Å²) in [6, 6.07) is 0. The van der Waals surface area contributed by atoms with Gasteiger partial charge in [0.2, 0.25) is 0 Å². The van der Waals surface area contributed by atoms with E-state index in [1.54, 1.807) is 7.11 Å². The predicted octanol–water partition coefficient (Wildman–Crippen LogP) is 1.67. The van der Waals surface area contributed by atoms with Gasteiger partial charge in [-0.05, 0) is 33.2 Å². The summed E-state index contributed by atoms with van der Waals surface area (Å²) in [6.45, 7) is 3.96. The Bertz CT molecular complexity index is 223. The molecule has 0 spiro atoms. The van der Waals surface area contributed by atoms with E-state index in [1.165, 1.54) is 0 Å². The van der Waals surface area contributed by atoms with Crippen LogP contribution in [0.1, 0.15) is 26.2 Å². The standard InChI is InChI=1S/C13H25NO2.Ac/c1-4-5-6-7-13(16-3)11-10-14(2)9-8-12(11)15;/h4-5,11-13,15H,6-10H2,1-3H3;/b5-4+;. The van der Waals surface area contributed by atoms with Crippen LogP contribution in [0.25, 0.3) is 0 Å². The van der Waals surface area contributed by atoms with Crippen LogP contribution in [0.4, 0.5) is 0 Å². The number of ether oxygens (including phenoxy) is 1. The van der Waals surface area contributed by atoms with Gasteiger partial charge in [0, 0.05) is 70.2 Å². The van der Waals surface area contributed by atoms with E-state index in [0.29, 0.717) is 0 Å². The number of aliphatic hydroxyl groups excluding tert-OH is 1. The van der Waals surface area contributed by atoms with Crippen LogP contribution in [-0.4, -0.2) is 49.5 Å². The number of piperidine rings is 1. The maximum atomic E-state index is 10.0. The summed E-state index contributed by atoms with van der Waals surface area (Å²) in [5, 5.41) is 10.0. The summed E-state index contributed by atoms with van der Waals surface area (Å²) < 4.78 is 5.53. The fourth-order valence-electron chi connectivity index (χ4n) is 2.44. The zero-order valence-electron chi connectivity index (χ0n) is 11.3. The molecule has 17 heavy (non-hydrogen) atoms. The van der Waals surface area contributed by atoms with E-state index in [0.717, 1.165) is 32.4 Å². The Labute approximate surface area is 141 Å². The molecule has 1 N–H and O–H groups in total. The van der Waals surface area contributed by atoms with Crippen molar-refractivity contribution < 1.29 is 53.9 Å². The predicted molar refractivity (Wildman–Crippen MR) is 66.5 cm³/mol. The van der Waals surface area contributed by atoms with Crippen molar-refractivity contribution in [2.45, 2.75) is 38.4 Å². The molecule has 3 unspecified atom stereocenters. The summed E-state index contributed by atoms with van der Waals surface area (Å²) in [5.41, 5.74) is 0. The van der Waals surface area contributed by atoms with E-state index in [2.05, 4.69) is 24.1 Å². The molecule has 3 nitrogen and oxygen atoms in total. The van der Waals surface area contributed by atoms with E-state index in [4.69, 9.17) is 4.74 Å². The van der Waals surface area contributed by atoms with Crippen LogP contribution in [0.5, 0.6) is 0 Å². The Morgan fingerprint density at radius 1 is 1.53 bits per heavy atom. The first-order chi connectivity index (χ1) is 7.69. The molecule has 1 fully saturated rings. The minimum atomic E-state index is -0.202. The summed E-state index contributed by atoms with van der Waals surface area (Å²) in [4.78, 5) is 2.28. The molecule has 4 heteroatoms. The Kier molecular flexibility index (Phi) is 10.5. The molecular weight excluding hydrogens is 429 g/mol. The maximum absolute atomic E-state index is 10.0. The van der Waals surface area contributed by atoms with Crippen LogP contribution in [0.3, 0.4) is 0 Å². The molecule has 1 radical (unpaired) electrons. The zero-order chi connectivity index (χ0) is 12.0. The van der Waals surface area contributed by atoms with Gasteiger partial charge in [-0.1, -0.05) is 12.2 Å². The molecule has 0 bridgehead atoms. The van der Waals surface area contributed by atoms with E-state index >= 15 is 0 Å². The minimum absolute atomic E-state index is 0. The van der Waals surface area contributed by atoms with Crippen molar-refractivity contribution in [3.8, 4) is 0 Å². The maximum Gasteiger partial charge on any atom is 0.0639 e. The van der Waals surface area contributed by atoms with Crippen molar-refractivity contribution in [2.24, 2.45) is 5.92 Å². The molecule has 1 rings (SSSR count). The number of rotatable bonds is 5. The Morgan fingerprint density at radius 2 is 2.24 bits per heavy atom. The smallest absolute Gasteiger partial charge is 0.0639 e. The van der Waals surface area contributed by atoms with Gasteiger partial charge < -0.3 is 14.7 Å². The third kappa shape index (κ3) is 6.16. The molecular formula is C13H25AcNO2. The Hall–Kier alpha value is 1.06. The van der Waals surface area contributed by atoms with Gasteiger partial charge in [0.25, 0.3) is 0 Å². The average Bonchev–Trinajstić information content (AvgIpc) is 2.28. The average molecular weight is 454 g/mol. The quantitative estimate of drug-likeness (QED) is 0.642. The van der Waals surface area contributed by atoms with Crippen LogP contribution in [0, 0.1) is 50.0 Å². The summed E-state index contributed by atoms with van der Waals surface area (Å²) in [7, 11) is 3.86. The van der Waals surface area contributed by atoms with Crippen LogP contribution in [0.15, 0.2) is 12.2 Å². The molecule has 1 aliphatic heterocycles. The van der Waals surface area contributed by atoms with Crippen molar-refractivity contribution in [2.75, 3.05) is 27.2 Å². The van der Waals surface area contributed by atoms with Crippen LogP contribution in [0.2, 0.25) is 0 Å². The first-order valence-corrected chi connectivity index (χ1v) is 6.19. The summed E-state index contributed by atoms with van der Waals surface area (Å²) in [6.07, 6.45) is 7.09. The molecule has 0 aromatic carbocycles. The van der Waals surface area contributed by atoms with Crippen molar-refractivity contribution in [3.63, 3.8) is 0 Å². The number of methoxy groups -OCH3 is 1. The largest absolute Gasteiger partial charge is 0.393 e. The van der Waals surface area contributed by atoms with E-state index < -0.39 is 0 Å². The molecule has 1 heterocycles. The third-order valence-electron chi connectivity index (χ3n) is 3.46. The third-order valence-corrected chi connectivity index (χ3v) is 3.46. The normalized spacial score (nSPS) is 28.0. The van der Waals surface area contributed by atoms with Crippen LogP contribution in [-0.2, 0) is 4.74 Å². The SMILES string of the molecule is C/C=C/CCC(OC)C1CN(C)CCC1O.[Ac]. The Morgan fingerprint density at radius 3 is 2.82 bits per heavy atom. The number of likely N-dealkylation sites (tertiary alicyclic amines) is 1. The second-order valence-corrected chi connectivity index (χ2v) is 4.70. The molecule has 97 valence electrons. The van der Waals surface area contributed by atoms with Gasteiger partial charge in [-0.2, -0.15) is 0 Å². The Balaban J connectivity index is 0.00000256. The zero-order valence-corrected chi connectivity index (χ0v) is 16.0. The van der Waals surface area contributed by atoms with Crippen LogP contribution >= 0.6 is 0 Å². The number of hydrogen-bond acceptors (Lipinski definition) is 3. The van der Waals surface area contributed by atoms with Gasteiger partial charge in [0.15, 0.2) is 0 Å². The van der Waals surface area contributed by atoms with Crippen LogP contribution < -0.4 is 0 Å². The molecule has 1 saturated heterocycles. The topological polar surface area (TPSA) is 32.7 Å². The van der Waals surface area contributed by atoms with Crippen molar-refractivity contribution in [3.05, 3.63) is 12.2 Å². The van der Waals surface area contributed by atoms with Gasteiger partial charge in [-0.15, -0.1) is 0 Å². The van der Waals surface area contributed by atoms with Crippen molar-refractivity contribution >= 4 is 0 Å². The monoisotopic (exact) mass is 454 g/mol. The molecule has 0 aromatic rings. The molecule has 0 aliphatic carbocycles. The molecule has 0 saturated carbocycles. The van der Waals surface area contributed by atoms with E-state index in [1.807, 2.05) is 6.92 Å².